The minimum absolute atomic E-state index is 0.0852. The standard InChI is InChI=1S/C73H138O17P2/c1-7-10-12-14-16-18-20-22-24-26-28-33-37-45-51-57-72(77)89-68(61-83-70(75)55-49-43-36-32-27-25-23-21-19-17-15-13-11-8-2)63-87-91(79,80)85-59-67(74)60-86-92(81,82)88-64-69(62-84-71(76)56-50-44-40-39-42-48-54-66(6)9-3)90-73(78)58-52-46-38-34-30-29-31-35-41-47-53-65(4)5/h18,20,22,24,65-69,74H,7-17,19,21,23,25-64H2,1-6H3,(H,79,80)(H,81,82)/b20-18-,24-22-/t66?,67-,68-,69-/m1/s1. The number of rotatable bonds is 70. The van der Waals surface area contributed by atoms with Crippen LogP contribution in [0.3, 0.4) is 0 Å². The highest BCUT2D eigenvalue weighted by atomic mass is 31.2. The molecule has 0 saturated carbocycles. The van der Waals surface area contributed by atoms with Crippen molar-refractivity contribution in [1.82, 2.24) is 0 Å². The number of hydrogen-bond donors (Lipinski definition) is 3. The van der Waals surface area contributed by atoms with Gasteiger partial charge in [0, 0.05) is 25.7 Å². The van der Waals surface area contributed by atoms with Crippen LogP contribution in [0, 0.1) is 11.8 Å². The number of phosphoric ester groups is 2. The first kappa shape index (κ1) is 89.5. The van der Waals surface area contributed by atoms with Gasteiger partial charge in [-0.1, -0.05) is 297 Å². The summed E-state index contributed by atoms with van der Waals surface area (Å²) in [6, 6.07) is 0. The maximum absolute atomic E-state index is 13.0. The molecular weight excluding hydrogens is 1210 g/mol. The van der Waals surface area contributed by atoms with Crippen molar-refractivity contribution < 1.29 is 80.2 Å². The zero-order valence-electron chi connectivity index (χ0n) is 59.3. The molecule has 0 amide bonds. The summed E-state index contributed by atoms with van der Waals surface area (Å²) in [7, 11) is -9.92. The lowest BCUT2D eigenvalue weighted by atomic mass is 10.00. The molecule has 0 aliphatic heterocycles. The van der Waals surface area contributed by atoms with Gasteiger partial charge in [-0.15, -0.1) is 0 Å². The lowest BCUT2D eigenvalue weighted by molar-refractivity contribution is -0.161. The van der Waals surface area contributed by atoms with Crippen molar-refractivity contribution in [3.8, 4) is 0 Å². The third-order valence-electron chi connectivity index (χ3n) is 16.7. The van der Waals surface area contributed by atoms with Gasteiger partial charge in [0.25, 0.3) is 0 Å². The van der Waals surface area contributed by atoms with E-state index in [1.165, 1.54) is 148 Å². The van der Waals surface area contributed by atoms with Gasteiger partial charge in [0.1, 0.15) is 19.3 Å². The summed E-state index contributed by atoms with van der Waals surface area (Å²) in [6.45, 7) is 9.45. The zero-order valence-corrected chi connectivity index (χ0v) is 61.1. The van der Waals surface area contributed by atoms with Crippen LogP contribution in [-0.2, 0) is 65.4 Å². The van der Waals surface area contributed by atoms with Crippen LogP contribution in [0.25, 0.3) is 0 Å². The molecule has 6 atom stereocenters. The summed E-state index contributed by atoms with van der Waals surface area (Å²) >= 11 is 0. The van der Waals surface area contributed by atoms with E-state index in [1.54, 1.807) is 0 Å². The fourth-order valence-corrected chi connectivity index (χ4v) is 12.1. The van der Waals surface area contributed by atoms with Gasteiger partial charge in [0.05, 0.1) is 26.4 Å². The predicted octanol–water partition coefficient (Wildman–Crippen LogP) is 20.7. The number of esters is 4. The van der Waals surface area contributed by atoms with Crippen molar-refractivity contribution in [2.24, 2.45) is 11.8 Å². The van der Waals surface area contributed by atoms with E-state index in [4.69, 9.17) is 37.0 Å². The molecule has 0 heterocycles. The number of carbonyl (C=O) groups is 4. The number of aliphatic hydroxyl groups is 1. The summed E-state index contributed by atoms with van der Waals surface area (Å²) in [4.78, 5) is 72.7. The van der Waals surface area contributed by atoms with Crippen LogP contribution in [-0.4, -0.2) is 96.7 Å². The number of unbranched alkanes of at least 4 members (excludes halogenated alkanes) is 36. The molecule has 19 heteroatoms. The minimum Gasteiger partial charge on any atom is -0.462 e. The summed E-state index contributed by atoms with van der Waals surface area (Å²) < 4.78 is 68.4. The second kappa shape index (κ2) is 64.5. The Bertz CT molecular complexity index is 1880. The summed E-state index contributed by atoms with van der Waals surface area (Å²) in [6.07, 6.45) is 53.5. The van der Waals surface area contributed by atoms with Crippen molar-refractivity contribution in [1.29, 1.82) is 0 Å². The Balaban J connectivity index is 5.30. The number of aliphatic hydroxyl groups excluding tert-OH is 1. The number of ether oxygens (including phenoxy) is 4. The van der Waals surface area contributed by atoms with Gasteiger partial charge in [-0.2, -0.15) is 0 Å². The van der Waals surface area contributed by atoms with Crippen LogP contribution >= 0.6 is 15.6 Å². The molecule has 0 aromatic carbocycles. The molecule has 0 bridgehead atoms. The molecule has 92 heavy (non-hydrogen) atoms. The van der Waals surface area contributed by atoms with Crippen LogP contribution in [0.2, 0.25) is 0 Å². The van der Waals surface area contributed by atoms with Crippen LogP contribution in [0.1, 0.15) is 350 Å². The second-order valence-electron chi connectivity index (χ2n) is 26.4. The number of hydrogen-bond acceptors (Lipinski definition) is 15. The predicted molar refractivity (Wildman–Crippen MR) is 372 cm³/mol. The van der Waals surface area contributed by atoms with E-state index in [0.717, 1.165) is 121 Å². The Kier molecular flexibility index (Phi) is 62.8. The van der Waals surface area contributed by atoms with Crippen LogP contribution in [0.5, 0.6) is 0 Å². The zero-order chi connectivity index (χ0) is 67.9. The largest absolute Gasteiger partial charge is 0.472 e. The summed E-state index contributed by atoms with van der Waals surface area (Å²) in [5, 5.41) is 10.6. The normalized spacial score (nSPS) is 14.5. The maximum Gasteiger partial charge on any atom is 0.472 e. The highest BCUT2D eigenvalue weighted by molar-refractivity contribution is 7.47. The lowest BCUT2D eigenvalue weighted by Gasteiger charge is -2.21. The molecule has 0 fully saturated rings. The van der Waals surface area contributed by atoms with Crippen molar-refractivity contribution in [2.45, 2.75) is 368 Å². The third-order valence-corrected chi connectivity index (χ3v) is 18.6. The van der Waals surface area contributed by atoms with Crippen molar-refractivity contribution in [3.05, 3.63) is 24.3 Å². The highest BCUT2D eigenvalue weighted by Crippen LogP contribution is 2.45. The topological polar surface area (TPSA) is 237 Å². The van der Waals surface area contributed by atoms with Gasteiger partial charge in [-0.3, -0.25) is 37.3 Å². The van der Waals surface area contributed by atoms with Crippen molar-refractivity contribution in [2.75, 3.05) is 39.6 Å². The smallest absolute Gasteiger partial charge is 0.462 e. The molecule has 0 aromatic heterocycles. The van der Waals surface area contributed by atoms with E-state index in [2.05, 4.69) is 65.8 Å². The SMILES string of the molecule is CCCCCC/C=C\C=C/CCCCCCCC(=O)O[C@H](COC(=O)CCCCCCCCCCCCCCCC)COP(=O)(O)OC[C@@H](O)COP(=O)(O)OC[C@@H](COC(=O)CCCCCCCCC(C)CC)OC(=O)CCCCCCCCCCCCC(C)C. The van der Waals surface area contributed by atoms with Gasteiger partial charge in [0.15, 0.2) is 12.2 Å². The van der Waals surface area contributed by atoms with E-state index in [9.17, 15) is 43.2 Å². The molecule has 3 unspecified atom stereocenters. The first-order chi connectivity index (χ1) is 44.4. The fourth-order valence-electron chi connectivity index (χ4n) is 10.5. The Labute approximate surface area is 561 Å². The summed E-state index contributed by atoms with van der Waals surface area (Å²) in [5.41, 5.74) is 0. The molecule has 0 rings (SSSR count). The fraction of sp³-hybridized carbons (Fsp3) is 0.890. The van der Waals surface area contributed by atoms with E-state index in [0.29, 0.717) is 25.7 Å². The molecule has 17 nitrogen and oxygen atoms in total. The monoisotopic (exact) mass is 1350 g/mol. The molecule has 0 aromatic rings. The highest BCUT2D eigenvalue weighted by Gasteiger charge is 2.30. The Morgan fingerprint density at radius 3 is 0.978 bits per heavy atom. The molecule has 0 aliphatic rings. The van der Waals surface area contributed by atoms with E-state index in [1.807, 2.05) is 0 Å². The van der Waals surface area contributed by atoms with Crippen LogP contribution < -0.4 is 0 Å². The Morgan fingerprint density at radius 1 is 0.359 bits per heavy atom. The average Bonchev–Trinajstić information content (AvgIpc) is 1.78. The first-order valence-corrected chi connectivity index (χ1v) is 40.3. The second-order valence-corrected chi connectivity index (χ2v) is 29.3. The summed E-state index contributed by atoms with van der Waals surface area (Å²) in [5.74, 6) is -0.672. The number of carbonyl (C=O) groups excluding carboxylic acids is 4. The van der Waals surface area contributed by atoms with Crippen molar-refractivity contribution in [3.63, 3.8) is 0 Å². The van der Waals surface area contributed by atoms with Gasteiger partial charge < -0.3 is 33.8 Å². The van der Waals surface area contributed by atoms with Crippen molar-refractivity contribution >= 4 is 39.5 Å². The van der Waals surface area contributed by atoms with Gasteiger partial charge in [0.2, 0.25) is 0 Å². The molecule has 0 radical (unpaired) electrons. The molecule has 0 aliphatic carbocycles. The molecule has 542 valence electrons. The molecule has 3 N–H and O–H groups in total. The average molecular weight is 1350 g/mol. The molecule has 0 spiro atoms. The van der Waals surface area contributed by atoms with Gasteiger partial charge >= 0.3 is 39.5 Å². The van der Waals surface area contributed by atoms with E-state index < -0.39 is 97.5 Å². The van der Waals surface area contributed by atoms with E-state index in [-0.39, 0.29) is 25.7 Å². The molecule has 0 saturated heterocycles. The van der Waals surface area contributed by atoms with Crippen LogP contribution in [0.15, 0.2) is 24.3 Å². The minimum atomic E-state index is -4.96. The Morgan fingerprint density at radius 2 is 0.641 bits per heavy atom. The third kappa shape index (κ3) is 64.9. The maximum atomic E-state index is 13.0. The van der Waals surface area contributed by atoms with Gasteiger partial charge in [-0.25, -0.2) is 9.13 Å². The number of phosphoric acid groups is 2. The van der Waals surface area contributed by atoms with E-state index >= 15 is 0 Å². The Hall–Kier alpha value is -2.46. The lowest BCUT2D eigenvalue weighted by Crippen LogP contribution is -2.30. The van der Waals surface area contributed by atoms with Crippen LogP contribution in [0.4, 0.5) is 0 Å². The quantitative estimate of drug-likeness (QED) is 0.0169. The van der Waals surface area contributed by atoms with Gasteiger partial charge in [-0.05, 0) is 63.2 Å². The molecular formula is C73H138O17P2. The first-order valence-electron chi connectivity index (χ1n) is 37.3. The number of allylic oxidation sites excluding steroid dienone is 4.